The van der Waals surface area contributed by atoms with Crippen LogP contribution in [-0.4, -0.2) is 55.9 Å². The predicted octanol–water partition coefficient (Wildman–Crippen LogP) is 2.53. The summed E-state index contributed by atoms with van der Waals surface area (Å²) in [6, 6.07) is 9.94. The monoisotopic (exact) mass is 424 g/mol. The molecule has 1 fully saturated rings. The molecule has 0 radical (unpaired) electrons. The Balaban J connectivity index is 1.79. The second-order valence-corrected chi connectivity index (χ2v) is 8.80. The van der Waals surface area contributed by atoms with Gasteiger partial charge >= 0.3 is 0 Å². The fourth-order valence-electron chi connectivity index (χ4n) is 3.29. The minimum absolute atomic E-state index is 0.0870. The van der Waals surface area contributed by atoms with Crippen LogP contribution < -0.4 is 0 Å². The molecule has 0 amide bonds. The molecule has 2 heterocycles. The zero-order valence-electron chi connectivity index (χ0n) is 16.8. The Labute approximate surface area is 171 Å². The first-order chi connectivity index (χ1) is 13.9. The summed E-state index contributed by atoms with van der Waals surface area (Å²) < 4.78 is 47.9. The molecule has 1 aromatic carbocycles. The third-order valence-electron chi connectivity index (χ3n) is 4.56. The molecule has 9 heteroatoms. The standard InChI is InChI=1S/C20H28N2O6S/c1-3-11-25-19(17-7-5-4-6-8-17)12-20(15-22-10-9-21-16-22)26-13-18(28-20)14-27-29(2,23)24/h4-10,16,18-19H,3,11-15H2,1-2H3. The summed E-state index contributed by atoms with van der Waals surface area (Å²) >= 11 is 0. The number of aromatic nitrogens is 2. The van der Waals surface area contributed by atoms with Crippen LogP contribution in [0.3, 0.4) is 0 Å². The normalized spacial score (nSPS) is 23.3. The molecule has 8 nitrogen and oxygen atoms in total. The van der Waals surface area contributed by atoms with Gasteiger partial charge < -0.3 is 18.8 Å². The number of rotatable bonds is 11. The molecule has 2 aromatic rings. The van der Waals surface area contributed by atoms with Gasteiger partial charge in [0.1, 0.15) is 6.10 Å². The highest BCUT2D eigenvalue weighted by Crippen LogP contribution is 2.37. The van der Waals surface area contributed by atoms with Crippen LogP contribution in [0.5, 0.6) is 0 Å². The van der Waals surface area contributed by atoms with E-state index in [2.05, 4.69) is 11.9 Å². The maximum atomic E-state index is 11.3. The molecule has 3 unspecified atom stereocenters. The van der Waals surface area contributed by atoms with Crippen molar-refractivity contribution in [3.05, 3.63) is 54.6 Å². The van der Waals surface area contributed by atoms with E-state index in [0.717, 1.165) is 18.2 Å². The van der Waals surface area contributed by atoms with Gasteiger partial charge in [-0.1, -0.05) is 37.3 Å². The SMILES string of the molecule is CCCOC(CC1(Cn2ccnc2)OCC(COS(C)(=O)=O)O1)c1ccccc1. The van der Waals surface area contributed by atoms with Gasteiger partial charge in [-0.15, -0.1) is 0 Å². The first kappa shape index (κ1) is 21.9. The summed E-state index contributed by atoms with van der Waals surface area (Å²) in [6.45, 7) is 3.23. The quantitative estimate of drug-likeness (QED) is 0.512. The summed E-state index contributed by atoms with van der Waals surface area (Å²) in [5.41, 5.74) is 1.04. The Morgan fingerprint density at radius 3 is 2.79 bits per heavy atom. The van der Waals surface area contributed by atoms with Crippen LogP contribution >= 0.6 is 0 Å². The molecule has 0 spiro atoms. The van der Waals surface area contributed by atoms with Crippen LogP contribution in [0.1, 0.15) is 31.4 Å². The molecular weight excluding hydrogens is 396 g/mol. The van der Waals surface area contributed by atoms with Crippen molar-refractivity contribution in [1.29, 1.82) is 0 Å². The Kier molecular flexibility index (Phi) is 7.42. The van der Waals surface area contributed by atoms with Gasteiger partial charge in [0.15, 0.2) is 5.79 Å². The Hall–Kier alpha value is -1.78. The van der Waals surface area contributed by atoms with Gasteiger partial charge in [-0.25, -0.2) is 4.98 Å². The third kappa shape index (κ3) is 6.61. The molecule has 1 saturated heterocycles. The number of ether oxygens (including phenoxy) is 3. The largest absolute Gasteiger partial charge is 0.373 e. The molecule has 0 aliphatic carbocycles. The maximum Gasteiger partial charge on any atom is 0.264 e. The zero-order valence-corrected chi connectivity index (χ0v) is 17.6. The van der Waals surface area contributed by atoms with E-state index in [-0.39, 0.29) is 19.3 Å². The van der Waals surface area contributed by atoms with E-state index in [4.69, 9.17) is 18.4 Å². The fraction of sp³-hybridized carbons (Fsp3) is 0.550. The molecule has 0 bridgehead atoms. The van der Waals surface area contributed by atoms with E-state index < -0.39 is 22.0 Å². The van der Waals surface area contributed by atoms with Crippen LogP contribution in [0.2, 0.25) is 0 Å². The second-order valence-electron chi connectivity index (χ2n) is 7.16. The number of nitrogens with zero attached hydrogens (tertiary/aromatic N) is 2. The van der Waals surface area contributed by atoms with Gasteiger partial charge in [0.05, 0.1) is 38.4 Å². The van der Waals surface area contributed by atoms with Gasteiger partial charge in [-0.3, -0.25) is 4.18 Å². The van der Waals surface area contributed by atoms with Crippen molar-refractivity contribution in [3.63, 3.8) is 0 Å². The lowest BCUT2D eigenvalue weighted by Crippen LogP contribution is -2.39. The minimum Gasteiger partial charge on any atom is -0.373 e. The van der Waals surface area contributed by atoms with Crippen molar-refractivity contribution in [1.82, 2.24) is 9.55 Å². The van der Waals surface area contributed by atoms with E-state index in [1.165, 1.54) is 0 Å². The molecule has 1 aromatic heterocycles. The first-order valence-electron chi connectivity index (χ1n) is 9.67. The molecule has 3 atom stereocenters. The molecule has 29 heavy (non-hydrogen) atoms. The summed E-state index contributed by atoms with van der Waals surface area (Å²) in [5.74, 6) is -0.986. The van der Waals surface area contributed by atoms with Crippen molar-refractivity contribution in [3.8, 4) is 0 Å². The number of hydrogen-bond donors (Lipinski definition) is 0. The molecule has 160 valence electrons. The predicted molar refractivity (Wildman–Crippen MR) is 107 cm³/mol. The Bertz CT molecular complexity index is 843. The molecular formula is C20H28N2O6S. The first-order valence-corrected chi connectivity index (χ1v) is 11.5. The van der Waals surface area contributed by atoms with Crippen molar-refractivity contribution in [2.24, 2.45) is 0 Å². The number of hydrogen-bond acceptors (Lipinski definition) is 7. The van der Waals surface area contributed by atoms with Gasteiger partial charge in [-0.05, 0) is 12.0 Å². The topological polar surface area (TPSA) is 88.9 Å². The number of imidazole rings is 1. The highest BCUT2D eigenvalue weighted by Gasteiger charge is 2.44. The average Bonchev–Trinajstić information content (AvgIpc) is 3.34. The fourth-order valence-corrected chi connectivity index (χ4v) is 3.69. The Morgan fingerprint density at radius 2 is 2.14 bits per heavy atom. The van der Waals surface area contributed by atoms with Crippen molar-refractivity contribution in [2.45, 2.75) is 44.3 Å². The van der Waals surface area contributed by atoms with Gasteiger partial charge in [-0.2, -0.15) is 8.42 Å². The average molecular weight is 425 g/mol. The van der Waals surface area contributed by atoms with E-state index in [9.17, 15) is 8.42 Å². The van der Waals surface area contributed by atoms with E-state index in [1.54, 1.807) is 12.5 Å². The van der Waals surface area contributed by atoms with Crippen molar-refractivity contribution < 1.29 is 26.8 Å². The molecule has 3 rings (SSSR count). The second kappa shape index (κ2) is 9.82. The van der Waals surface area contributed by atoms with E-state index >= 15 is 0 Å². The summed E-state index contributed by atoms with van der Waals surface area (Å²) in [7, 11) is -3.55. The minimum atomic E-state index is -3.55. The van der Waals surface area contributed by atoms with E-state index in [1.807, 2.05) is 41.1 Å². The Morgan fingerprint density at radius 1 is 1.34 bits per heavy atom. The molecule has 0 N–H and O–H groups in total. The van der Waals surface area contributed by atoms with Crippen LogP contribution in [0, 0.1) is 0 Å². The van der Waals surface area contributed by atoms with Crippen LogP contribution in [-0.2, 0) is 35.1 Å². The summed E-state index contributed by atoms with van der Waals surface area (Å²) in [4.78, 5) is 4.09. The van der Waals surface area contributed by atoms with Gasteiger partial charge in [0, 0.05) is 25.4 Å². The lowest BCUT2D eigenvalue weighted by atomic mass is 10.0. The lowest BCUT2D eigenvalue weighted by molar-refractivity contribution is -0.202. The van der Waals surface area contributed by atoms with Crippen molar-refractivity contribution >= 4 is 10.1 Å². The molecule has 0 saturated carbocycles. The summed E-state index contributed by atoms with van der Waals surface area (Å²) in [6.07, 6.45) is 6.86. The lowest BCUT2D eigenvalue weighted by Gasteiger charge is -2.32. The van der Waals surface area contributed by atoms with E-state index in [0.29, 0.717) is 19.6 Å². The van der Waals surface area contributed by atoms with Gasteiger partial charge in [0.2, 0.25) is 0 Å². The number of benzene rings is 1. The smallest absolute Gasteiger partial charge is 0.264 e. The third-order valence-corrected chi connectivity index (χ3v) is 5.12. The molecule has 1 aliphatic heterocycles. The van der Waals surface area contributed by atoms with Crippen molar-refractivity contribution in [2.75, 3.05) is 26.1 Å². The highest BCUT2D eigenvalue weighted by atomic mass is 32.2. The van der Waals surface area contributed by atoms with Crippen LogP contribution in [0.15, 0.2) is 49.1 Å². The maximum absolute atomic E-state index is 11.3. The highest BCUT2D eigenvalue weighted by molar-refractivity contribution is 7.85. The molecule has 1 aliphatic rings. The zero-order chi connectivity index (χ0) is 20.7. The summed E-state index contributed by atoms with van der Waals surface area (Å²) in [5, 5.41) is 0. The van der Waals surface area contributed by atoms with Gasteiger partial charge in [0.25, 0.3) is 10.1 Å². The van der Waals surface area contributed by atoms with Crippen LogP contribution in [0.4, 0.5) is 0 Å². The van der Waals surface area contributed by atoms with Crippen LogP contribution in [0.25, 0.3) is 0 Å².